The van der Waals surface area contributed by atoms with Crippen molar-refractivity contribution in [2.45, 2.75) is 45.6 Å². The molecule has 3 aromatic heterocycles. The number of nitrogens with zero attached hydrogens (tertiary/aromatic N) is 4. The van der Waals surface area contributed by atoms with Gasteiger partial charge in [0.2, 0.25) is 12.1 Å². The van der Waals surface area contributed by atoms with Crippen LogP contribution in [0.4, 0.5) is 10.8 Å². The van der Waals surface area contributed by atoms with Crippen LogP contribution in [0.2, 0.25) is 0 Å². The lowest BCUT2D eigenvalue weighted by Gasteiger charge is -2.20. The van der Waals surface area contributed by atoms with Gasteiger partial charge in [0.1, 0.15) is 5.69 Å². The molecule has 13 nitrogen and oxygen atoms in total. The minimum absolute atomic E-state index is 0.125. The quantitative estimate of drug-likeness (QED) is 0.142. The Bertz CT molecular complexity index is 1580. The fourth-order valence-corrected chi connectivity index (χ4v) is 5.89. The van der Waals surface area contributed by atoms with Crippen LogP contribution in [0.1, 0.15) is 65.7 Å². The summed E-state index contributed by atoms with van der Waals surface area (Å²) < 4.78 is 21.0. The lowest BCUT2D eigenvalue weighted by molar-refractivity contribution is -0.406. The van der Waals surface area contributed by atoms with Crippen molar-refractivity contribution in [3.63, 3.8) is 0 Å². The number of hydrogen-bond donors (Lipinski definition) is 2. The van der Waals surface area contributed by atoms with Crippen molar-refractivity contribution in [3.8, 4) is 11.5 Å². The normalized spacial score (nSPS) is 15.7. The zero-order valence-corrected chi connectivity index (χ0v) is 25.1. The molecule has 2 aliphatic rings. The molecule has 228 valence electrons. The van der Waals surface area contributed by atoms with Gasteiger partial charge < -0.3 is 33.9 Å². The minimum Gasteiger partial charge on any atom is -0.618 e. The molecule has 2 N–H and O–H groups in total. The Morgan fingerprint density at radius 3 is 2.88 bits per heavy atom. The average molecular weight is 611 g/mol. The van der Waals surface area contributed by atoms with E-state index in [9.17, 15) is 19.6 Å². The SMILES string of the molecule is CCOC(=O)c1csc(NC(=O)c2cc(NC(=O)CCCOc3cn4c(c3OC)C=[N+]([O-])C3=CCCCC3C4)cn2C)n1. The van der Waals surface area contributed by atoms with Gasteiger partial charge in [-0.1, -0.05) is 0 Å². The smallest absolute Gasteiger partial charge is 0.357 e. The van der Waals surface area contributed by atoms with Crippen LogP contribution in [0.25, 0.3) is 0 Å². The van der Waals surface area contributed by atoms with E-state index in [4.69, 9.17) is 14.2 Å². The Labute approximate surface area is 252 Å². The van der Waals surface area contributed by atoms with Gasteiger partial charge in [0.05, 0.1) is 38.1 Å². The summed E-state index contributed by atoms with van der Waals surface area (Å²) in [6, 6.07) is 1.56. The topological polar surface area (TPSA) is 152 Å². The molecule has 0 saturated heterocycles. The maximum atomic E-state index is 12.8. The number of carbonyl (C=O) groups excluding carboxylic acids is 3. The second-order valence-corrected chi connectivity index (χ2v) is 11.1. The highest BCUT2D eigenvalue weighted by Crippen LogP contribution is 2.37. The van der Waals surface area contributed by atoms with Gasteiger partial charge in [-0.15, -0.1) is 11.3 Å². The van der Waals surface area contributed by atoms with Crippen LogP contribution >= 0.6 is 11.3 Å². The number of methoxy groups -OCH3 is 1. The number of rotatable bonds is 11. The second-order valence-electron chi connectivity index (χ2n) is 10.2. The number of hydrogen-bond acceptors (Lipinski definition) is 9. The molecule has 0 spiro atoms. The van der Waals surface area contributed by atoms with Crippen LogP contribution in [0.5, 0.6) is 11.5 Å². The van der Waals surface area contributed by atoms with Crippen LogP contribution in [0.3, 0.4) is 0 Å². The lowest BCUT2D eigenvalue weighted by Crippen LogP contribution is -2.18. The van der Waals surface area contributed by atoms with Crippen molar-refractivity contribution in [1.82, 2.24) is 14.1 Å². The van der Waals surface area contributed by atoms with Crippen molar-refractivity contribution in [3.05, 3.63) is 57.9 Å². The maximum Gasteiger partial charge on any atom is 0.357 e. The van der Waals surface area contributed by atoms with Gasteiger partial charge in [-0.25, -0.2) is 9.78 Å². The summed E-state index contributed by atoms with van der Waals surface area (Å²) in [5.74, 6) is -0.0478. The highest BCUT2D eigenvalue weighted by molar-refractivity contribution is 7.14. The fourth-order valence-electron chi connectivity index (χ4n) is 5.21. The molecule has 4 heterocycles. The first-order chi connectivity index (χ1) is 20.8. The molecule has 3 aromatic rings. The number of ether oxygens (including phenoxy) is 3. The highest BCUT2D eigenvalue weighted by Gasteiger charge is 2.31. The van der Waals surface area contributed by atoms with Crippen molar-refractivity contribution >= 4 is 46.2 Å². The number of fused-ring (bicyclic) bond motifs is 2. The second kappa shape index (κ2) is 13.2. The highest BCUT2D eigenvalue weighted by atomic mass is 32.1. The molecule has 1 aliphatic carbocycles. The van der Waals surface area contributed by atoms with E-state index in [2.05, 4.69) is 15.6 Å². The Hall–Kier alpha value is -4.59. The maximum absolute atomic E-state index is 12.8. The largest absolute Gasteiger partial charge is 0.618 e. The van der Waals surface area contributed by atoms with Crippen LogP contribution < -0.4 is 20.1 Å². The molecule has 5 rings (SSSR count). The number of esters is 1. The molecular formula is C29H34N6O7S. The molecule has 0 radical (unpaired) electrons. The molecule has 0 saturated carbocycles. The number of anilines is 2. The third-order valence-corrected chi connectivity index (χ3v) is 7.98. The van der Waals surface area contributed by atoms with Gasteiger partial charge in [-0.3, -0.25) is 14.9 Å². The van der Waals surface area contributed by atoms with Gasteiger partial charge in [0.15, 0.2) is 33.7 Å². The Balaban J connectivity index is 1.12. The standard InChI is InChI=1S/C29H34N6O7S/c1-4-41-28(38)20-17-43-29(31-20)32-27(37)22-12-19(14-33(22)2)30-25(36)10-7-11-42-24-16-34-13-18-8-5-6-9-21(18)35(39)15-23(34)26(24)40-3/h9,12,14-18H,4-8,10-11,13H2,1-3H3,(H,30,36)(H,31,32,37). The summed E-state index contributed by atoms with van der Waals surface area (Å²) in [7, 11) is 3.23. The molecule has 1 aliphatic heterocycles. The van der Waals surface area contributed by atoms with Crippen molar-refractivity contribution < 1.29 is 33.3 Å². The zero-order chi connectivity index (χ0) is 30.5. The first kappa shape index (κ1) is 29.9. The molecule has 2 amide bonds. The van der Waals surface area contributed by atoms with Crippen molar-refractivity contribution in [1.29, 1.82) is 0 Å². The Kier molecular flexibility index (Phi) is 9.14. The summed E-state index contributed by atoms with van der Waals surface area (Å²) in [6.07, 6.45) is 10.6. The monoisotopic (exact) mass is 610 g/mol. The van der Waals surface area contributed by atoms with Gasteiger partial charge in [-0.05, 0) is 44.7 Å². The number of nitrogens with one attached hydrogen (secondary N) is 2. The molecule has 0 aromatic carbocycles. The summed E-state index contributed by atoms with van der Waals surface area (Å²) in [4.78, 5) is 41.3. The molecule has 0 fully saturated rings. The van der Waals surface area contributed by atoms with Gasteiger partial charge in [-0.2, -0.15) is 4.74 Å². The Morgan fingerprint density at radius 2 is 2.09 bits per heavy atom. The number of allylic oxidation sites excluding steroid dienone is 2. The molecule has 43 heavy (non-hydrogen) atoms. The number of thiazole rings is 1. The lowest BCUT2D eigenvalue weighted by atomic mass is 9.92. The summed E-state index contributed by atoms with van der Waals surface area (Å²) in [6.45, 7) is 2.88. The number of hydroxylamine groups is 1. The Morgan fingerprint density at radius 1 is 1.26 bits per heavy atom. The third-order valence-electron chi connectivity index (χ3n) is 7.22. The van der Waals surface area contributed by atoms with Gasteiger partial charge in [0, 0.05) is 31.6 Å². The summed E-state index contributed by atoms with van der Waals surface area (Å²) in [5.41, 5.74) is 2.37. The zero-order valence-electron chi connectivity index (χ0n) is 24.3. The molecule has 1 atom stereocenters. The van der Waals surface area contributed by atoms with E-state index >= 15 is 0 Å². The number of amides is 2. The first-order valence-corrected chi connectivity index (χ1v) is 15.0. The third kappa shape index (κ3) is 6.74. The van der Waals surface area contributed by atoms with E-state index in [1.807, 2.05) is 16.8 Å². The van der Waals surface area contributed by atoms with E-state index in [1.54, 1.807) is 44.1 Å². The van der Waals surface area contributed by atoms with E-state index in [0.29, 0.717) is 41.5 Å². The van der Waals surface area contributed by atoms with E-state index in [-0.39, 0.29) is 42.3 Å². The van der Waals surface area contributed by atoms with Crippen molar-refractivity contribution in [2.75, 3.05) is 31.0 Å². The summed E-state index contributed by atoms with van der Waals surface area (Å²) in [5, 5.41) is 20.0. The number of carbonyl (C=O) groups is 3. The predicted molar refractivity (Wildman–Crippen MR) is 160 cm³/mol. The summed E-state index contributed by atoms with van der Waals surface area (Å²) >= 11 is 1.11. The van der Waals surface area contributed by atoms with Gasteiger partial charge in [0.25, 0.3) is 5.91 Å². The number of aryl methyl sites for hydroxylation is 1. The molecular weight excluding hydrogens is 576 g/mol. The predicted octanol–water partition coefficient (Wildman–Crippen LogP) is 4.15. The van der Waals surface area contributed by atoms with Gasteiger partial charge >= 0.3 is 5.97 Å². The van der Waals surface area contributed by atoms with E-state index < -0.39 is 11.9 Å². The van der Waals surface area contributed by atoms with E-state index in [1.165, 1.54) is 5.38 Å². The fraction of sp³-hybridized carbons (Fsp3) is 0.414. The minimum atomic E-state index is -0.555. The average Bonchev–Trinajstić information content (AvgIpc) is 3.66. The van der Waals surface area contributed by atoms with Crippen LogP contribution in [0, 0.1) is 11.1 Å². The van der Waals surface area contributed by atoms with Crippen molar-refractivity contribution in [2.24, 2.45) is 13.0 Å². The number of aromatic nitrogens is 3. The molecule has 0 bridgehead atoms. The van der Waals surface area contributed by atoms with Crippen LogP contribution in [-0.2, 0) is 23.1 Å². The molecule has 1 unspecified atom stereocenters. The van der Waals surface area contributed by atoms with Crippen LogP contribution in [0.15, 0.2) is 35.6 Å². The molecule has 14 heteroatoms. The van der Waals surface area contributed by atoms with E-state index in [0.717, 1.165) is 41.0 Å². The first-order valence-electron chi connectivity index (χ1n) is 14.1. The van der Waals surface area contributed by atoms with Crippen LogP contribution in [-0.4, -0.2) is 63.2 Å².